The van der Waals surface area contributed by atoms with Crippen molar-refractivity contribution in [3.8, 4) is 5.75 Å². The highest BCUT2D eigenvalue weighted by atomic mass is 32.1. The monoisotopic (exact) mass is 182 g/mol. The van der Waals surface area contributed by atoms with Crippen molar-refractivity contribution in [1.82, 2.24) is 0 Å². The van der Waals surface area contributed by atoms with Gasteiger partial charge in [0, 0.05) is 5.25 Å². The lowest BCUT2D eigenvalue weighted by Gasteiger charge is -2.06. The van der Waals surface area contributed by atoms with E-state index in [-0.39, 0.29) is 0 Å². The van der Waals surface area contributed by atoms with Gasteiger partial charge in [-0.3, -0.25) is 0 Å². The fraction of sp³-hybridized carbons (Fsp3) is 0.400. The van der Waals surface area contributed by atoms with Crippen molar-refractivity contribution < 1.29 is 4.74 Å². The topological polar surface area (TPSA) is 9.23 Å². The Morgan fingerprint density at radius 2 is 2.00 bits per heavy atom. The van der Waals surface area contributed by atoms with Crippen LogP contribution in [0.15, 0.2) is 30.3 Å². The molecule has 0 amide bonds. The Balaban J connectivity index is 2.25. The summed E-state index contributed by atoms with van der Waals surface area (Å²) in [6.07, 6.45) is 0.984. The second kappa shape index (κ2) is 5.09. The van der Waals surface area contributed by atoms with Crippen LogP contribution in [0.2, 0.25) is 0 Å². The summed E-state index contributed by atoms with van der Waals surface area (Å²) in [6.45, 7) is 2.81. The molecule has 2 heteroatoms. The predicted octanol–water partition coefficient (Wildman–Crippen LogP) is 2.77. The van der Waals surface area contributed by atoms with Crippen molar-refractivity contribution in [2.75, 3.05) is 6.61 Å². The fourth-order valence-corrected chi connectivity index (χ4v) is 0.969. The van der Waals surface area contributed by atoms with Crippen LogP contribution in [0.4, 0.5) is 0 Å². The van der Waals surface area contributed by atoms with Gasteiger partial charge in [0.2, 0.25) is 0 Å². The number of benzene rings is 1. The van der Waals surface area contributed by atoms with E-state index in [9.17, 15) is 0 Å². The number of para-hydroxylation sites is 1. The van der Waals surface area contributed by atoms with Gasteiger partial charge >= 0.3 is 0 Å². The van der Waals surface area contributed by atoms with E-state index in [1.54, 1.807) is 0 Å². The Labute approximate surface area is 79.2 Å². The van der Waals surface area contributed by atoms with Crippen molar-refractivity contribution >= 4 is 12.6 Å². The van der Waals surface area contributed by atoms with E-state index in [2.05, 4.69) is 19.6 Å². The summed E-state index contributed by atoms with van der Waals surface area (Å²) >= 11 is 4.26. The van der Waals surface area contributed by atoms with Crippen molar-refractivity contribution in [2.24, 2.45) is 0 Å². The van der Waals surface area contributed by atoms with Crippen molar-refractivity contribution in [1.29, 1.82) is 0 Å². The van der Waals surface area contributed by atoms with Crippen molar-refractivity contribution in [3.05, 3.63) is 30.3 Å². The molecule has 0 saturated carbocycles. The standard InChI is InChI=1S/C10H14OS/c1-9(12)7-8-11-10-5-3-2-4-6-10/h2-6,9,12H,7-8H2,1H3. The lowest BCUT2D eigenvalue weighted by Crippen LogP contribution is -2.02. The minimum Gasteiger partial charge on any atom is -0.494 e. The van der Waals surface area contributed by atoms with Gasteiger partial charge in [-0.15, -0.1) is 0 Å². The van der Waals surface area contributed by atoms with E-state index in [0.29, 0.717) is 5.25 Å². The predicted molar refractivity (Wildman–Crippen MR) is 55.0 cm³/mol. The Bertz CT molecular complexity index is 208. The second-order valence-corrected chi connectivity index (χ2v) is 3.68. The van der Waals surface area contributed by atoms with Crippen LogP contribution >= 0.6 is 12.6 Å². The summed E-state index contributed by atoms with van der Waals surface area (Å²) in [6, 6.07) is 9.85. The molecule has 0 saturated heterocycles. The molecule has 0 radical (unpaired) electrons. The molecule has 1 nitrogen and oxygen atoms in total. The Morgan fingerprint density at radius 3 is 2.58 bits per heavy atom. The average Bonchev–Trinajstić information content (AvgIpc) is 2.05. The summed E-state index contributed by atoms with van der Waals surface area (Å²) < 4.78 is 5.47. The molecule has 1 aromatic rings. The summed E-state index contributed by atoms with van der Waals surface area (Å²) in [5, 5.41) is 0.411. The molecule has 12 heavy (non-hydrogen) atoms. The van der Waals surface area contributed by atoms with Gasteiger partial charge in [-0.2, -0.15) is 12.6 Å². The van der Waals surface area contributed by atoms with Crippen LogP contribution in [-0.4, -0.2) is 11.9 Å². The maximum absolute atomic E-state index is 5.47. The summed E-state index contributed by atoms with van der Waals surface area (Å²) in [5.41, 5.74) is 0. The average molecular weight is 182 g/mol. The highest BCUT2D eigenvalue weighted by molar-refractivity contribution is 7.80. The van der Waals surface area contributed by atoms with Gasteiger partial charge in [0.1, 0.15) is 5.75 Å². The summed E-state index contributed by atoms with van der Waals surface area (Å²) in [5.74, 6) is 0.937. The molecule has 0 N–H and O–H groups in total. The molecule has 0 heterocycles. The van der Waals surface area contributed by atoms with Gasteiger partial charge in [-0.05, 0) is 18.6 Å². The molecule has 0 spiro atoms. The van der Waals surface area contributed by atoms with Crippen LogP contribution in [0, 0.1) is 0 Å². The first-order chi connectivity index (χ1) is 5.79. The van der Waals surface area contributed by atoms with E-state index in [4.69, 9.17) is 4.74 Å². The van der Waals surface area contributed by atoms with Crippen LogP contribution < -0.4 is 4.74 Å². The number of hydrogen-bond acceptors (Lipinski definition) is 2. The zero-order valence-corrected chi connectivity index (χ0v) is 8.13. The number of rotatable bonds is 4. The normalized spacial score (nSPS) is 12.5. The van der Waals surface area contributed by atoms with E-state index in [0.717, 1.165) is 18.8 Å². The summed E-state index contributed by atoms with van der Waals surface area (Å²) in [4.78, 5) is 0. The smallest absolute Gasteiger partial charge is 0.119 e. The fourth-order valence-electron chi connectivity index (χ4n) is 0.864. The molecule has 0 aliphatic rings. The zero-order valence-electron chi connectivity index (χ0n) is 7.23. The molecule has 0 aliphatic heterocycles. The highest BCUT2D eigenvalue weighted by Gasteiger charge is 1.95. The molecule has 1 unspecified atom stereocenters. The Kier molecular flexibility index (Phi) is 4.01. The lowest BCUT2D eigenvalue weighted by atomic mass is 10.3. The largest absolute Gasteiger partial charge is 0.494 e. The van der Waals surface area contributed by atoms with Crippen LogP contribution in [0.1, 0.15) is 13.3 Å². The number of thiol groups is 1. The quantitative estimate of drug-likeness (QED) is 0.704. The summed E-state index contributed by atoms with van der Waals surface area (Å²) in [7, 11) is 0. The highest BCUT2D eigenvalue weighted by Crippen LogP contribution is 2.09. The third-order valence-electron chi connectivity index (χ3n) is 1.55. The van der Waals surface area contributed by atoms with Gasteiger partial charge in [0.25, 0.3) is 0 Å². The van der Waals surface area contributed by atoms with Crippen LogP contribution in [0.3, 0.4) is 0 Å². The van der Waals surface area contributed by atoms with E-state index < -0.39 is 0 Å². The molecule has 1 atom stereocenters. The van der Waals surface area contributed by atoms with Gasteiger partial charge in [0.15, 0.2) is 0 Å². The number of ether oxygens (including phenoxy) is 1. The molecule has 0 fully saturated rings. The minimum absolute atomic E-state index is 0.411. The first-order valence-corrected chi connectivity index (χ1v) is 4.66. The number of hydrogen-bond donors (Lipinski definition) is 1. The van der Waals surface area contributed by atoms with Gasteiger partial charge in [0.05, 0.1) is 6.61 Å². The molecule has 0 aromatic heterocycles. The van der Waals surface area contributed by atoms with E-state index in [1.165, 1.54) is 0 Å². The van der Waals surface area contributed by atoms with Crippen molar-refractivity contribution in [2.45, 2.75) is 18.6 Å². The van der Waals surface area contributed by atoms with Crippen LogP contribution in [0.25, 0.3) is 0 Å². The molecule has 66 valence electrons. The Hall–Kier alpha value is -0.630. The molecule has 1 rings (SSSR count). The van der Waals surface area contributed by atoms with Crippen LogP contribution in [-0.2, 0) is 0 Å². The third-order valence-corrected chi connectivity index (χ3v) is 1.81. The van der Waals surface area contributed by atoms with Gasteiger partial charge in [-0.1, -0.05) is 25.1 Å². The lowest BCUT2D eigenvalue weighted by molar-refractivity contribution is 0.311. The van der Waals surface area contributed by atoms with Gasteiger partial charge < -0.3 is 4.74 Å². The SMILES string of the molecule is CC(S)CCOc1ccccc1. The van der Waals surface area contributed by atoms with E-state index >= 15 is 0 Å². The molecule has 0 bridgehead atoms. The third kappa shape index (κ3) is 3.67. The maximum Gasteiger partial charge on any atom is 0.119 e. The maximum atomic E-state index is 5.47. The first kappa shape index (κ1) is 9.46. The zero-order chi connectivity index (χ0) is 8.81. The van der Waals surface area contributed by atoms with E-state index in [1.807, 2.05) is 30.3 Å². The van der Waals surface area contributed by atoms with Gasteiger partial charge in [-0.25, -0.2) is 0 Å². The van der Waals surface area contributed by atoms with Crippen LogP contribution in [0.5, 0.6) is 5.75 Å². The van der Waals surface area contributed by atoms with Crippen molar-refractivity contribution in [3.63, 3.8) is 0 Å². The first-order valence-electron chi connectivity index (χ1n) is 4.15. The molecule has 0 aliphatic carbocycles. The molecular weight excluding hydrogens is 168 g/mol. The molecule has 1 aromatic carbocycles. The molecular formula is C10H14OS. The minimum atomic E-state index is 0.411. The Morgan fingerprint density at radius 1 is 1.33 bits per heavy atom. The second-order valence-electron chi connectivity index (χ2n) is 2.80.